The number of nitrogens with one attached hydrogen (secondary N) is 2. The van der Waals surface area contributed by atoms with E-state index in [-0.39, 0.29) is 11.2 Å². The van der Waals surface area contributed by atoms with Crippen LogP contribution >= 0.6 is 23.1 Å². The fourth-order valence-corrected chi connectivity index (χ4v) is 3.70. The van der Waals surface area contributed by atoms with Crippen molar-refractivity contribution >= 4 is 39.8 Å². The number of carbonyl (C=O) groups is 1. The number of methoxy groups -OCH3 is 1. The zero-order valence-corrected chi connectivity index (χ0v) is 15.0. The van der Waals surface area contributed by atoms with Gasteiger partial charge in [0.15, 0.2) is 4.34 Å². The van der Waals surface area contributed by atoms with Crippen molar-refractivity contribution in [3.63, 3.8) is 0 Å². The summed E-state index contributed by atoms with van der Waals surface area (Å²) >= 11 is 2.82. The molecule has 23 heavy (non-hydrogen) atoms. The van der Waals surface area contributed by atoms with Gasteiger partial charge in [-0.25, -0.2) is 0 Å². The summed E-state index contributed by atoms with van der Waals surface area (Å²) in [5.74, 6) is 0.760. The van der Waals surface area contributed by atoms with E-state index < -0.39 is 0 Å². The molecule has 0 aliphatic carbocycles. The van der Waals surface area contributed by atoms with E-state index in [1.807, 2.05) is 38.1 Å². The average Bonchev–Trinajstić information content (AvgIpc) is 3.00. The molecule has 1 aromatic carbocycles. The highest BCUT2D eigenvalue weighted by atomic mass is 32.2. The van der Waals surface area contributed by atoms with Gasteiger partial charge in [0.2, 0.25) is 11.0 Å². The maximum atomic E-state index is 11.9. The first-order valence-electron chi connectivity index (χ1n) is 7.32. The molecule has 0 aliphatic rings. The summed E-state index contributed by atoms with van der Waals surface area (Å²) in [6.45, 7) is 4.59. The van der Waals surface area contributed by atoms with Crippen LogP contribution in [0.5, 0.6) is 5.75 Å². The van der Waals surface area contributed by atoms with Crippen molar-refractivity contribution in [2.24, 2.45) is 0 Å². The van der Waals surface area contributed by atoms with Crippen LogP contribution in [0.1, 0.15) is 20.3 Å². The monoisotopic (exact) mass is 352 g/mol. The van der Waals surface area contributed by atoms with E-state index in [0.717, 1.165) is 22.2 Å². The molecule has 6 nitrogen and oxygen atoms in total. The van der Waals surface area contributed by atoms with Gasteiger partial charge < -0.3 is 15.4 Å². The van der Waals surface area contributed by atoms with Crippen LogP contribution in [0.15, 0.2) is 28.6 Å². The molecule has 0 fully saturated rings. The number of thioether (sulfide) groups is 1. The van der Waals surface area contributed by atoms with Crippen molar-refractivity contribution < 1.29 is 9.53 Å². The Bertz CT molecular complexity index is 648. The number of carbonyl (C=O) groups excluding carboxylic acids is 1. The molecule has 1 atom stereocenters. The lowest BCUT2D eigenvalue weighted by Crippen LogP contribution is -2.31. The zero-order valence-electron chi connectivity index (χ0n) is 13.3. The fourth-order valence-electron chi connectivity index (χ4n) is 1.77. The van der Waals surface area contributed by atoms with E-state index in [1.54, 1.807) is 7.11 Å². The van der Waals surface area contributed by atoms with Crippen molar-refractivity contribution in [2.75, 3.05) is 19.0 Å². The van der Waals surface area contributed by atoms with Gasteiger partial charge in [0.25, 0.3) is 0 Å². The first kappa shape index (κ1) is 17.6. The molecule has 0 aliphatic heterocycles. The molecule has 2 aromatic rings. The van der Waals surface area contributed by atoms with Crippen molar-refractivity contribution in [1.82, 2.24) is 15.5 Å². The second kappa shape index (κ2) is 8.73. The number of benzene rings is 1. The number of hydrogen-bond donors (Lipinski definition) is 2. The van der Waals surface area contributed by atoms with E-state index in [4.69, 9.17) is 4.74 Å². The zero-order chi connectivity index (χ0) is 16.7. The summed E-state index contributed by atoms with van der Waals surface area (Å²) in [6, 6.07) is 7.61. The lowest BCUT2D eigenvalue weighted by atomic mass is 10.3. The second-order valence-electron chi connectivity index (χ2n) is 4.75. The number of hydrogen-bond acceptors (Lipinski definition) is 7. The van der Waals surface area contributed by atoms with E-state index in [2.05, 4.69) is 20.8 Å². The van der Waals surface area contributed by atoms with Crippen molar-refractivity contribution in [2.45, 2.75) is 29.9 Å². The van der Waals surface area contributed by atoms with Crippen LogP contribution in [-0.4, -0.2) is 35.0 Å². The van der Waals surface area contributed by atoms with Crippen LogP contribution in [0, 0.1) is 0 Å². The summed E-state index contributed by atoms with van der Waals surface area (Å²) in [5, 5.41) is 14.8. The lowest BCUT2D eigenvalue weighted by Gasteiger charge is -2.09. The highest BCUT2D eigenvalue weighted by molar-refractivity contribution is 8.02. The molecule has 0 bridgehead atoms. The Kier molecular flexibility index (Phi) is 6.66. The van der Waals surface area contributed by atoms with Gasteiger partial charge in [-0.3, -0.25) is 4.79 Å². The van der Waals surface area contributed by atoms with E-state index >= 15 is 0 Å². The smallest absolute Gasteiger partial charge is 0.233 e. The van der Waals surface area contributed by atoms with Crippen molar-refractivity contribution in [1.29, 1.82) is 0 Å². The maximum absolute atomic E-state index is 11.9. The first-order valence-corrected chi connectivity index (χ1v) is 9.01. The first-order chi connectivity index (χ1) is 11.1. The summed E-state index contributed by atoms with van der Waals surface area (Å²) in [7, 11) is 1.62. The molecule has 124 valence electrons. The standard InChI is InChI=1S/C15H20N4O2S2/c1-4-9-16-13(20)10(2)22-15-19-18-14(23-15)17-11-7-5-6-8-12(11)21-3/h5-8,10H,4,9H2,1-3H3,(H,16,20)(H,17,18). The quantitative estimate of drug-likeness (QED) is 0.710. The van der Waals surface area contributed by atoms with Crippen LogP contribution < -0.4 is 15.4 Å². The number of aromatic nitrogens is 2. The van der Waals surface area contributed by atoms with E-state index in [9.17, 15) is 4.79 Å². The van der Waals surface area contributed by atoms with Gasteiger partial charge in [-0.1, -0.05) is 42.2 Å². The molecule has 2 N–H and O–H groups in total. The number of nitrogens with zero attached hydrogens (tertiary/aromatic N) is 2. The Morgan fingerprint density at radius 2 is 2.17 bits per heavy atom. The topological polar surface area (TPSA) is 76.1 Å². The fraction of sp³-hybridized carbons (Fsp3) is 0.400. The predicted octanol–water partition coefficient (Wildman–Crippen LogP) is 3.30. The Morgan fingerprint density at radius 1 is 1.39 bits per heavy atom. The number of para-hydroxylation sites is 2. The molecule has 0 radical (unpaired) electrons. The summed E-state index contributed by atoms with van der Waals surface area (Å²) < 4.78 is 6.05. The van der Waals surface area contributed by atoms with E-state index in [0.29, 0.717) is 11.7 Å². The van der Waals surface area contributed by atoms with E-state index in [1.165, 1.54) is 23.1 Å². The Labute approximate surface area is 144 Å². The maximum Gasteiger partial charge on any atom is 0.233 e. The SMILES string of the molecule is CCCNC(=O)C(C)Sc1nnc(Nc2ccccc2OC)s1. The van der Waals surface area contributed by atoms with Gasteiger partial charge in [-0.05, 0) is 25.5 Å². The van der Waals surface area contributed by atoms with Crippen molar-refractivity contribution in [3.8, 4) is 5.75 Å². The molecule has 1 amide bonds. The third kappa shape index (κ3) is 5.11. The lowest BCUT2D eigenvalue weighted by molar-refractivity contribution is -0.120. The van der Waals surface area contributed by atoms with Crippen molar-refractivity contribution in [3.05, 3.63) is 24.3 Å². The van der Waals surface area contributed by atoms with Gasteiger partial charge in [-0.2, -0.15) is 0 Å². The summed E-state index contributed by atoms with van der Waals surface area (Å²) in [5.41, 5.74) is 0.830. The Morgan fingerprint density at radius 3 is 2.91 bits per heavy atom. The molecule has 0 saturated carbocycles. The summed E-state index contributed by atoms with van der Waals surface area (Å²) in [4.78, 5) is 11.9. The third-order valence-electron chi connectivity index (χ3n) is 2.95. The molecule has 1 unspecified atom stereocenters. The number of anilines is 2. The van der Waals surface area contributed by atoms with Gasteiger partial charge in [-0.15, -0.1) is 10.2 Å². The Balaban J connectivity index is 1.96. The van der Waals surface area contributed by atoms with Gasteiger partial charge in [0, 0.05) is 6.54 Å². The molecular weight excluding hydrogens is 332 g/mol. The molecule has 1 aromatic heterocycles. The highest BCUT2D eigenvalue weighted by Gasteiger charge is 2.17. The predicted molar refractivity (Wildman–Crippen MR) is 94.8 cm³/mol. The molecule has 0 spiro atoms. The third-order valence-corrected chi connectivity index (χ3v) is 4.97. The molecule has 0 saturated heterocycles. The number of ether oxygens (including phenoxy) is 1. The normalized spacial score (nSPS) is 11.8. The van der Waals surface area contributed by atoms with Gasteiger partial charge in [0.1, 0.15) is 5.75 Å². The largest absolute Gasteiger partial charge is 0.495 e. The number of rotatable bonds is 8. The second-order valence-corrected chi connectivity index (χ2v) is 7.31. The minimum Gasteiger partial charge on any atom is -0.495 e. The minimum absolute atomic E-state index is 0.0197. The number of amides is 1. The highest BCUT2D eigenvalue weighted by Crippen LogP contribution is 2.32. The van der Waals surface area contributed by atoms with Gasteiger partial charge >= 0.3 is 0 Å². The average molecular weight is 352 g/mol. The van der Waals surface area contributed by atoms with Crippen LogP contribution in [0.4, 0.5) is 10.8 Å². The minimum atomic E-state index is -0.200. The van der Waals surface area contributed by atoms with Crippen LogP contribution in [0.25, 0.3) is 0 Å². The molecular formula is C15H20N4O2S2. The summed E-state index contributed by atoms with van der Waals surface area (Å²) in [6.07, 6.45) is 0.926. The Hall–Kier alpha value is -1.80. The molecule has 1 heterocycles. The van der Waals surface area contributed by atoms with Crippen LogP contribution in [0.2, 0.25) is 0 Å². The molecule has 8 heteroatoms. The molecule has 2 rings (SSSR count). The van der Waals surface area contributed by atoms with Crippen LogP contribution in [-0.2, 0) is 4.79 Å². The van der Waals surface area contributed by atoms with Crippen LogP contribution in [0.3, 0.4) is 0 Å². The van der Waals surface area contributed by atoms with Gasteiger partial charge in [0.05, 0.1) is 18.0 Å².